The lowest BCUT2D eigenvalue weighted by Crippen LogP contribution is -2.47. The molecule has 0 aliphatic rings. The lowest BCUT2D eigenvalue weighted by atomic mass is 10.1. The number of aryl methyl sites for hydroxylation is 1. The molecule has 0 heterocycles. The highest BCUT2D eigenvalue weighted by molar-refractivity contribution is 7.92. The Bertz CT molecular complexity index is 883. The molecule has 146 valence electrons. The first-order chi connectivity index (χ1) is 12.5. The largest absolute Gasteiger partial charge is 0.497 e. The predicted molar refractivity (Wildman–Crippen MR) is 107 cm³/mol. The summed E-state index contributed by atoms with van der Waals surface area (Å²) in [5.41, 5.74) is 0.881. The molecule has 0 unspecified atom stereocenters. The summed E-state index contributed by atoms with van der Waals surface area (Å²) in [5, 5.41) is 2.80. The number of carbonyl (C=O) groups excluding carboxylic acids is 1. The molecule has 0 bridgehead atoms. The predicted octanol–water partition coefficient (Wildman–Crippen LogP) is 3.11. The van der Waals surface area contributed by atoms with Gasteiger partial charge in [-0.1, -0.05) is 17.7 Å². The zero-order valence-corrected chi connectivity index (χ0v) is 17.1. The van der Waals surface area contributed by atoms with Gasteiger partial charge < -0.3 is 10.1 Å². The summed E-state index contributed by atoms with van der Waals surface area (Å²) < 4.78 is 32.7. The molecule has 0 saturated carbocycles. The zero-order valence-electron chi connectivity index (χ0n) is 16.3. The minimum atomic E-state index is -3.91. The number of amides is 1. The lowest BCUT2D eigenvalue weighted by molar-refractivity contribution is -0.121. The fraction of sp³-hybridized carbons (Fsp3) is 0.350. The number of sulfonamides is 1. The molecule has 0 fully saturated rings. The number of hydrogen-bond donors (Lipinski definition) is 1. The van der Waals surface area contributed by atoms with E-state index in [9.17, 15) is 13.2 Å². The van der Waals surface area contributed by atoms with E-state index < -0.39 is 15.6 Å². The Kier molecular flexibility index (Phi) is 6.15. The van der Waals surface area contributed by atoms with Crippen molar-refractivity contribution in [3.05, 3.63) is 54.1 Å². The van der Waals surface area contributed by atoms with Crippen molar-refractivity contribution in [2.45, 2.75) is 38.1 Å². The van der Waals surface area contributed by atoms with Crippen molar-refractivity contribution in [3.8, 4) is 5.75 Å². The van der Waals surface area contributed by atoms with Crippen LogP contribution in [0.2, 0.25) is 0 Å². The van der Waals surface area contributed by atoms with Crippen LogP contribution in [0.1, 0.15) is 26.3 Å². The molecule has 2 aromatic rings. The molecule has 0 aliphatic carbocycles. The van der Waals surface area contributed by atoms with E-state index in [1.165, 1.54) is 7.11 Å². The van der Waals surface area contributed by atoms with Crippen LogP contribution in [0.5, 0.6) is 5.75 Å². The molecule has 2 rings (SSSR count). The Morgan fingerprint density at radius 2 is 1.59 bits per heavy atom. The summed E-state index contributed by atoms with van der Waals surface area (Å²) in [6.07, 6.45) is 0. The number of nitrogens with one attached hydrogen (secondary N) is 1. The average Bonchev–Trinajstić information content (AvgIpc) is 2.58. The Labute approximate surface area is 161 Å². The first kappa shape index (κ1) is 20.8. The zero-order chi connectivity index (χ0) is 20.2. The quantitative estimate of drug-likeness (QED) is 0.822. The van der Waals surface area contributed by atoms with Crippen molar-refractivity contribution in [1.82, 2.24) is 5.32 Å². The fourth-order valence-electron chi connectivity index (χ4n) is 2.49. The minimum Gasteiger partial charge on any atom is -0.497 e. The Hall–Kier alpha value is -2.54. The summed E-state index contributed by atoms with van der Waals surface area (Å²) in [6.45, 7) is 7.10. The van der Waals surface area contributed by atoms with E-state index in [2.05, 4.69) is 5.32 Å². The minimum absolute atomic E-state index is 0.132. The summed E-state index contributed by atoms with van der Waals surface area (Å²) in [4.78, 5) is 12.6. The van der Waals surface area contributed by atoms with Crippen LogP contribution in [0.4, 0.5) is 5.69 Å². The van der Waals surface area contributed by atoms with Gasteiger partial charge in [0.1, 0.15) is 12.3 Å². The number of methoxy groups -OCH3 is 1. The first-order valence-corrected chi connectivity index (χ1v) is 10.0. The molecular formula is C20H26N2O4S. The normalized spacial score (nSPS) is 11.7. The topological polar surface area (TPSA) is 75.7 Å². The van der Waals surface area contributed by atoms with E-state index in [0.29, 0.717) is 11.4 Å². The van der Waals surface area contributed by atoms with E-state index in [1.807, 2.05) is 27.7 Å². The maximum absolute atomic E-state index is 13.2. The van der Waals surface area contributed by atoms with E-state index in [1.54, 1.807) is 48.5 Å². The highest BCUT2D eigenvalue weighted by Crippen LogP contribution is 2.26. The molecule has 7 heteroatoms. The van der Waals surface area contributed by atoms with Crippen LogP contribution in [0.3, 0.4) is 0 Å². The summed E-state index contributed by atoms with van der Waals surface area (Å²) >= 11 is 0. The highest BCUT2D eigenvalue weighted by Gasteiger charge is 2.28. The number of ether oxygens (including phenoxy) is 1. The van der Waals surface area contributed by atoms with Gasteiger partial charge in [0.05, 0.1) is 17.7 Å². The number of nitrogens with zero attached hydrogens (tertiary/aromatic N) is 1. The van der Waals surface area contributed by atoms with Crippen LogP contribution in [-0.4, -0.2) is 33.5 Å². The van der Waals surface area contributed by atoms with Crippen molar-refractivity contribution in [1.29, 1.82) is 0 Å². The second-order valence-corrected chi connectivity index (χ2v) is 9.18. The fourth-order valence-corrected chi connectivity index (χ4v) is 3.91. The molecule has 27 heavy (non-hydrogen) atoms. The molecule has 0 spiro atoms. The van der Waals surface area contributed by atoms with Crippen LogP contribution in [0.15, 0.2) is 53.4 Å². The SMILES string of the molecule is COc1ccc(N(CC(=O)NC(C)(C)C)S(=O)(=O)c2ccc(C)cc2)cc1. The Morgan fingerprint density at radius 3 is 2.07 bits per heavy atom. The number of anilines is 1. The molecule has 6 nitrogen and oxygen atoms in total. The van der Waals surface area contributed by atoms with E-state index in [4.69, 9.17) is 4.74 Å². The third kappa shape index (κ3) is 5.47. The van der Waals surface area contributed by atoms with Gasteiger partial charge in [-0.2, -0.15) is 0 Å². The maximum atomic E-state index is 13.2. The van der Waals surface area contributed by atoms with Crippen LogP contribution in [0.25, 0.3) is 0 Å². The molecule has 0 aliphatic heterocycles. The molecule has 0 radical (unpaired) electrons. The van der Waals surface area contributed by atoms with Gasteiger partial charge in [-0.25, -0.2) is 8.42 Å². The van der Waals surface area contributed by atoms with Gasteiger partial charge in [-0.05, 0) is 64.1 Å². The van der Waals surface area contributed by atoms with Crippen molar-refractivity contribution in [3.63, 3.8) is 0 Å². The highest BCUT2D eigenvalue weighted by atomic mass is 32.2. The van der Waals surface area contributed by atoms with Crippen LogP contribution in [0, 0.1) is 6.92 Å². The first-order valence-electron chi connectivity index (χ1n) is 8.57. The standard InChI is InChI=1S/C20H26N2O4S/c1-15-6-12-18(13-7-15)27(24,25)22(14-19(23)21-20(2,3)4)16-8-10-17(26-5)11-9-16/h6-13H,14H2,1-5H3,(H,21,23). The van der Waals surface area contributed by atoms with Crippen molar-refractivity contribution >= 4 is 21.6 Å². The number of rotatable bonds is 6. The van der Waals surface area contributed by atoms with Gasteiger partial charge in [0, 0.05) is 5.54 Å². The lowest BCUT2D eigenvalue weighted by Gasteiger charge is -2.27. The molecule has 0 atom stereocenters. The molecular weight excluding hydrogens is 364 g/mol. The van der Waals surface area contributed by atoms with Crippen molar-refractivity contribution < 1.29 is 17.9 Å². The van der Waals surface area contributed by atoms with Gasteiger partial charge in [0.2, 0.25) is 5.91 Å². The third-order valence-corrected chi connectivity index (χ3v) is 5.56. The van der Waals surface area contributed by atoms with Gasteiger partial charge in [0.25, 0.3) is 10.0 Å². The molecule has 2 aromatic carbocycles. The van der Waals surface area contributed by atoms with Crippen LogP contribution >= 0.6 is 0 Å². The number of hydrogen-bond acceptors (Lipinski definition) is 4. The second kappa shape index (κ2) is 8.00. The summed E-state index contributed by atoms with van der Waals surface area (Å²) in [7, 11) is -2.38. The molecule has 1 amide bonds. The third-order valence-electron chi connectivity index (χ3n) is 3.77. The maximum Gasteiger partial charge on any atom is 0.264 e. The summed E-state index contributed by atoms with van der Waals surface area (Å²) in [5.74, 6) is 0.222. The van der Waals surface area contributed by atoms with Crippen molar-refractivity contribution in [2.24, 2.45) is 0 Å². The van der Waals surface area contributed by atoms with Gasteiger partial charge in [-0.3, -0.25) is 9.10 Å². The molecule has 0 aromatic heterocycles. The Balaban J connectivity index is 2.44. The molecule has 1 N–H and O–H groups in total. The number of carbonyl (C=O) groups is 1. The average molecular weight is 391 g/mol. The van der Waals surface area contributed by atoms with E-state index in [-0.39, 0.29) is 17.3 Å². The smallest absolute Gasteiger partial charge is 0.264 e. The van der Waals surface area contributed by atoms with Crippen LogP contribution < -0.4 is 14.4 Å². The second-order valence-electron chi connectivity index (χ2n) is 7.32. The monoisotopic (exact) mass is 390 g/mol. The van der Waals surface area contributed by atoms with Gasteiger partial charge >= 0.3 is 0 Å². The van der Waals surface area contributed by atoms with Gasteiger partial charge in [-0.15, -0.1) is 0 Å². The van der Waals surface area contributed by atoms with E-state index in [0.717, 1.165) is 9.87 Å². The van der Waals surface area contributed by atoms with Gasteiger partial charge in [0.15, 0.2) is 0 Å². The number of benzene rings is 2. The Morgan fingerprint density at radius 1 is 1.04 bits per heavy atom. The van der Waals surface area contributed by atoms with E-state index >= 15 is 0 Å². The van der Waals surface area contributed by atoms with Crippen LogP contribution in [-0.2, 0) is 14.8 Å². The summed E-state index contributed by atoms with van der Waals surface area (Å²) in [6, 6.07) is 13.1. The molecule has 0 saturated heterocycles. The van der Waals surface area contributed by atoms with Crippen molar-refractivity contribution in [2.75, 3.05) is 18.0 Å².